The maximum atomic E-state index is 11.8. The number of fused-ring (bicyclic) bond motifs is 1. The Balaban J connectivity index is 2.25. The second-order valence-electron chi connectivity index (χ2n) is 6.02. The third-order valence-electron chi connectivity index (χ3n) is 4.35. The van der Waals surface area contributed by atoms with Crippen molar-refractivity contribution in [3.63, 3.8) is 0 Å². The van der Waals surface area contributed by atoms with Crippen LogP contribution in [0.1, 0.15) is 18.1 Å². The number of carbonyl (C=O) groups is 1. The van der Waals surface area contributed by atoms with Crippen molar-refractivity contribution < 1.29 is 14.3 Å². The third kappa shape index (κ3) is 3.62. The van der Waals surface area contributed by atoms with Crippen LogP contribution in [0.25, 0.3) is 28.0 Å². The molecule has 0 spiro atoms. The minimum atomic E-state index is -0.339. The van der Waals surface area contributed by atoms with Crippen molar-refractivity contribution in [2.24, 2.45) is 0 Å². The maximum Gasteiger partial charge on any atom is 0.330 e. The number of esters is 1. The van der Waals surface area contributed by atoms with Gasteiger partial charge in [-0.2, -0.15) is 0 Å². The molecular weight excluding hydrogens is 324 g/mol. The topological polar surface area (TPSA) is 35.5 Å². The smallest absolute Gasteiger partial charge is 0.330 e. The molecule has 0 saturated carbocycles. The Morgan fingerprint density at radius 2 is 1.81 bits per heavy atom. The van der Waals surface area contributed by atoms with Crippen LogP contribution in [0.3, 0.4) is 0 Å². The predicted molar refractivity (Wildman–Crippen MR) is 106 cm³/mol. The number of benzene rings is 3. The van der Waals surface area contributed by atoms with Gasteiger partial charge in [0, 0.05) is 6.08 Å². The molecule has 0 fully saturated rings. The van der Waals surface area contributed by atoms with Gasteiger partial charge in [-0.05, 0) is 65.1 Å². The Kier molecular flexibility index (Phi) is 5.37. The summed E-state index contributed by atoms with van der Waals surface area (Å²) in [6.07, 6.45) is 3.33. The minimum absolute atomic E-state index is 0.339. The van der Waals surface area contributed by atoms with E-state index in [-0.39, 0.29) is 5.97 Å². The lowest BCUT2D eigenvalue weighted by Crippen LogP contribution is -1.99. The molecule has 0 aliphatic heterocycles. The summed E-state index contributed by atoms with van der Waals surface area (Å²) < 4.78 is 10.4. The van der Waals surface area contributed by atoms with Crippen LogP contribution >= 0.6 is 0 Å². The van der Waals surface area contributed by atoms with Crippen molar-refractivity contribution in [2.45, 2.75) is 13.8 Å². The molecule has 3 aromatic rings. The Morgan fingerprint density at radius 3 is 2.50 bits per heavy atom. The number of rotatable bonds is 5. The monoisotopic (exact) mass is 346 g/mol. The largest absolute Gasteiger partial charge is 0.497 e. The molecule has 26 heavy (non-hydrogen) atoms. The number of ether oxygens (including phenoxy) is 2. The summed E-state index contributed by atoms with van der Waals surface area (Å²) in [6.45, 7) is 4.25. The van der Waals surface area contributed by atoms with Gasteiger partial charge in [0.25, 0.3) is 0 Å². The van der Waals surface area contributed by atoms with Gasteiger partial charge in [0.2, 0.25) is 0 Å². The van der Waals surface area contributed by atoms with E-state index in [1.165, 1.54) is 6.08 Å². The van der Waals surface area contributed by atoms with E-state index in [4.69, 9.17) is 9.47 Å². The molecular formula is C23H22O3. The van der Waals surface area contributed by atoms with Crippen LogP contribution < -0.4 is 4.74 Å². The summed E-state index contributed by atoms with van der Waals surface area (Å²) in [5.74, 6) is 0.474. The van der Waals surface area contributed by atoms with Crippen LogP contribution in [0.2, 0.25) is 0 Å². The van der Waals surface area contributed by atoms with Gasteiger partial charge in [-0.25, -0.2) is 4.79 Å². The third-order valence-corrected chi connectivity index (χ3v) is 4.35. The van der Waals surface area contributed by atoms with Gasteiger partial charge < -0.3 is 9.47 Å². The zero-order valence-corrected chi connectivity index (χ0v) is 15.3. The van der Waals surface area contributed by atoms with Gasteiger partial charge in [-0.15, -0.1) is 0 Å². The Morgan fingerprint density at radius 1 is 1.04 bits per heavy atom. The van der Waals surface area contributed by atoms with E-state index < -0.39 is 0 Å². The van der Waals surface area contributed by atoms with Crippen molar-refractivity contribution in [3.8, 4) is 16.9 Å². The Bertz CT molecular complexity index is 956. The average Bonchev–Trinajstić information content (AvgIpc) is 2.67. The number of methoxy groups -OCH3 is 1. The van der Waals surface area contributed by atoms with E-state index in [9.17, 15) is 4.79 Å². The zero-order chi connectivity index (χ0) is 18.5. The van der Waals surface area contributed by atoms with Crippen molar-refractivity contribution in [2.75, 3.05) is 13.7 Å². The highest BCUT2D eigenvalue weighted by Gasteiger charge is 2.11. The fourth-order valence-electron chi connectivity index (χ4n) is 3.11. The van der Waals surface area contributed by atoms with Crippen molar-refractivity contribution in [1.82, 2.24) is 0 Å². The molecule has 0 atom stereocenters. The minimum Gasteiger partial charge on any atom is -0.497 e. The van der Waals surface area contributed by atoms with Gasteiger partial charge in [0.05, 0.1) is 13.7 Å². The van der Waals surface area contributed by atoms with Crippen LogP contribution in [0, 0.1) is 6.92 Å². The number of carbonyl (C=O) groups excluding carboxylic acids is 1. The molecule has 0 aliphatic carbocycles. The number of hydrogen-bond donors (Lipinski definition) is 0. The molecule has 3 rings (SSSR count). The molecule has 0 N–H and O–H groups in total. The normalized spacial score (nSPS) is 11.0. The Hall–Kier alpha value is -3.07. The molecule has 3 heteroatoms. The van der Waals surface area contributed by atoms with E-state index >= 15 is 0 Å². The molecule has 3 nitrogen and oxygen atoms in total. The fraction of sp³-hybridized carbons (Fsp3) is 0.174. The highest BCUT2D eigenvalue weighted by atomic mass is 16.5. The molecule has 0 saturated heterocycles. The lowest BCUT2D eigenvalue weighted by Gasteiger charge is -2.14. The summed E-state index contributed by atoms with van der Waals surface area (Å²) >= 11 is 0. The molecule has 0 aliphatic rings. The summed E-state index contributed by atoms with van der Waals surface area (Å²) in [6, 6.07) is 18.3. The lowest BCUT2D eigenvalue weighted by atomic mass is 9.91. The summed E-state index contributed by atoms with van der Waals surface area (Å²) in [5, 5.41) is 2.18. The van der Waals surface area contributed by atoms with Crippen molar-refractivity contribution >= 4 is 22.8 Å². The van der Waals surface area contributed by atoms with Crippen LogP contribution in [0.4, 0.5) is 0 Å². The number of aryl methyl sites for hydroxylation is 1. The van der Waals surface area contributed by atoms with Gasteiger partial charge in [-0.3, -0.25) is 0 Å². The van der Waals surface area contributed by atoms with Crippen molar-refractivity contribution in [1.29, 1.82) is 0 Å². The highest BCUT2D eigenvalue weighted by Crippen LogP contribution is 2.35. The summed E-state index contributed by atoms with van der Waals surface area (Å²) in [7, 11) is 1.66. The van der Waals surface area contributed by atoms with Crippen LogP contribution in [-0.2, 0) is 9.53 Å². The standard InChI is InChI=1S/C23H22O3/c1-4-26-23(24)13-12-20-19-11-10-18(25-3)15-21(19)16(2)14-22(20)17-8-6-5-7-9-17/h5-15H,4H2,1-3H3/b13-12+. The lowest BCUT2D eigenvalue weighted by molar-refractivity contribution is -0.137. The van der Waals surface area contributed by atoms with E-state index in [0.29, 0.717) is 6.61 Å². The van der Waals surface area contributed by atoms with Gasteiger partial charge in [0.1, 0.15) is 5.75 Å². The first-order valence-corrected chi connectivity index (χ1v) is 8.65. The zero-order valence-electron chi connectivity index (χ0n) is 15.3. The van der Waals surface area contributed by atoms with E-state index in [1.54, 1.807) is 14.0 Å². The molecule has 0 amide bonds. The predicted octanol–water partition coefficient (Wildman–Crippen LogP) is 5.40. The molecule has 0 unspecified atom stereocenters. The second-order valence-corrected chi connectivity index (χ2v) is 6.02. The molecule has 0 radical (unpaired) electrons. The van der Waals surface area contributed by atoms with E-state index in [1.807, 2.05) is 42.5 Å². The van der Waals surface area contributed by atoms with E-state index in [2.05, 4.69) is 25.1 Å². The second kappa shape index (κ2) is 7.87. The first-order valence-electron chi connectivity index (χ1n) is 8.65. The highest BCUT2D eigenvalue weighted by molar-refractivity contribution is 6.02. The van der Waals surface area contributed by atoms with Crippen LogP contribution in [0.5, 0.6) is 5.75 Å². The maximum absolute atomic E-state index is 11.8. The number of hydrogen-bond acceptors (Lipinski definition) is 3. The first-order chi connectivity index (χ1) is 12.6. The van der Waals surface area contributed by atoms with Crippen LogP contribution in [-0.4, -0.2) is 19.7 Å². The fourth-order valence-corrected chi connectivity index (χ4v) is 3.11. The molecule has 0 bridgehead atoms. The van der Waals surface area contributed by atoms with Gasteiger partial charge >= 0.3 is 5.97 Å². The average molecular weight is 346 g/mol. The molecule has 132 valence electrons. The summed E-state index contributed by atoms with van der Waals surface area (Å²) in [4.78, 5) is 11.8. The quantitative estimate of drug-likeness (QED) is 0.458. The Labute approximate surface area is 153 Å². The molecule has 0 heterocycles. The first kappa shape index (κ1) is 17.7. The SMILES string of the molecule is CCOC(=O)/C=C/c1c(-c2ccccc2)cc(C)c2cc(OC)ccc12. The van der Waals surface area contributed by atoms with E-state index in [0.717, 1.165) is 38.8 Å². The van der Waals surface area contributed by atoms with Gasteiger partial charge in [0.15, 0.2) is 0 Å². The molecule has 0 aromatic heterocycles. The molecule has 3 aromatic carbocycles. The van der Waals surface area contributed by atoms with Crippen molar-refractivity contribution in [3.05, 3.63) is 71.8 Å². The van der Waals surface area contributed by atoms with Crippen LogP contribution in [0.15, 0.2) is 60.7 Å². The summed E-state index contributed by atoms with van der Waals surface area (Å²) in [5.41, 5.74) is 4.34. The van der Waals surface area contributed by atoms with Gasteiger partial charge in [-0.1, -0.05) is 42.5 Å².